The van der Waals surface area contributed by atoms with Crippen LogP contribution in [0.2, 0.25) is 5.02 Å². The van der Waals surface area contributed by atoms with Gasteiger partial charge in [0.05, 0.1) is 10.8 Å². The molecule has 0 unspecified atom stereocenters. The van der Waals surface area contributed by atoms with E-state index in [1.807, 2.05) is 18.2 Å². The number of nitrogens with one attached hydrogen (secondary N) is 1. The normalized spacial score (nSPS) is 15.7. The Morgan fingerprint density at radius 2 is 1.87 bits per heavy atom. The maximum absolute atomic E-state index is 11.8. The Kier molecular flexibility index (Phi) is 7.76. The number of esters is 1. The van der Waals surface area contributed by atoms with Crippen LogP contribution >= 0.6 is 23.4 Å². The molecule has 1 saturated carbocycles. The molecule has 4 nitrogen and oxygen atoms in total. The van der Waals surface area contributed by atoms with Gasteiger partial charge in [0.1, 0.15) is 0 Å². The van der Waals surface area contributed by atoms with Crippen molar-refractivity contribution in [2.24, 2.45) is 0 Å². The Bertz CT molecular complexity index is 530. The molecular formula is C17H22ClNO3S. The predicted octanol–water partition coefficient (Wildman–Crippen LogP) is 3.81. The fourth-order valence-corrected chi connectivity index (χ4v) is 3.62. The van der Waals surface area contributed by atoms with Gasteiger partial charge in [0.25, 0.3) is 5.91 Å². The molecule has 0 aromatic heterocycles. The minimum absolute atomic E-state index is 0.139. The van der Waals surface area contributed by atoms with Crippen LogP contribution in [0.5, 0.6) is 0 Å². The van der Waals surface area contributed by atoms with Gasteiger partial charge < -0.3 is 10.1 Å². The smallest absolute Gasteiger partial charge is 0.316 e. The maximum Gasteiger partial charge on any atom is 0.316 e. The molecule has 1 aromatic rings. The van der Waals surface area contributed by atoms with Crippen LogP contribution in [0.4, 0.5) is 0 Å². The highest BCUT2D eigenvalue weighted by molar-refractivity contribution is 8.00. The van der Waals surface area contributed by atoms with Crippen LogP contribution in [0.3, 0.4) is 0 Å². The van der Waals surface area contributed by atoms with E-state index in [1.54, 1.807) is 6.07 Å². The minimum atomic E-state index is -0.411. The minimum Gasteiger partial charge on any atom is -0.455 e. The molecule has 126 valence electrons. The summed E-state index contributed by atoms with van der Waals surface area (Å²) in [5.41, 5.74) is 0. The lowest BCUT2D eigenvalue weighted by atomic mass is 10.1. The second-order valence-electron chi connectivity index (χ2n) is 5.64. The van der Waals surface area contributed by atoms with Crippen molar-refractivity contribution in [3.05, 3.63) is 29.3 Å². The standard InChI is InChI=1S/C17H22ClNO3S/c18-14-9-5-6-10-15(14)23-12-17(21)22-11-16(20)19-13-7-3-1-2-4-8-13/h5-6,9-10,13H,1-4,7-8,11-12H2,(H,19,20). The van der Waals surface area contributed by atoms with Crippen molar-refractivity contribution in [2.75, 3.05) is 12.4 Å². The molecule has 1 amide bonds. The molecule has 0 saturated heterocycles. The Balaban J connectivity index is 1.65. The van der Waals surface area contributed by atoms with E-state index in [1.165, 1.54) is 24.6 Å². The molecule has 0 bridgehead atoms. The summed E-state index contributed by atoms with van der Waals surface area (Å²) in [6, 6.07) is 7.54. The molecule has 2 rings (SSSR count). The first-order chi connectivity index (χ1) is 11.1. The first-order valence-corrected chi connectivity index (χ1v) is 9.34. The Morgan fingerprint density at radius 3 is 2.57 bits per heavy atom. The van der Waals surface area contributed by atoms with Crippen LogP contribution in [-0.4, -0.2) is 30.3 Å². The monoisotopic (exact) mass is 355 g/mol. The van der Waals surface area contributed by atoms with E-state index in [2.05, 4.69) is 5.32 Å². The van der Waals surface area contributed by atoms with Crippen LogP contribution < -0.4 is 5.32 Å². The largest absolute Gasteiger partial charge is 0.455 e. The van der Waals surface area contributed by atoms with Crippen molar-refractivity contribution in [3.8, 4) is 0 Å². The third-order valence-corrected chi connectivity index (χ3v) is 5.26. The van der Waals surface area contributed by atoms with Gasteiger partial charge in [0.15, 0.2) is 6.61 Å². The van der Waals surface area contributed by atoms with Crippen molar-refractivity contribution >= 4 is 35.2 Å². The maximum atomic E-state index is 11.8. The number of thioether (sulfide) groups is 1. The van der Waals surface area contributed by atoms with Crippen molar-refractivity contribution in [1.82, 2.24) is 5.32 Å². The van der Waals surface area contributed by atoms with E-state index in [-0.39, 0.29) is 24.3 Å². The summed E-state index contributed by atoms with van der Waals surface area (Å²) in [4.78, 5) is 24.4. The second-order valence-corrected chi connectivity index (χ2v) is 7.06. The van der Waals surface area contributed by atoms with Crippen LogP contribution in [0.15, 0.2) is 29.2 Å². The molecule has 23 heavy (non-hydrogen) atoms. The summed E-state index contributed by atoms with van der Waals surface area (Å²) in [5.74, 6) is -0.487. The SMILES string of the molecule is O=C(COC(=O)CSc1ccccc1Cl)NC1CCCCCC1. The van der Waals surface area contributed by atoms with E-state index in [0.717, 1.165) is 30.6 Å². The van der Waals surface area contributed by atoms with Gasteiger partial charge in [-0.2, -0.15) is 0 Å². The van der Waals surface area contributed by atoms with Crippen molar-refractivity contribution in [2.45, 2.75) is 49.5 Å². The summed E-state index contributed by atoms with van der Waals surface area (Å²) in [5, 5.41) is 3.56. The Hall–Kier alpha value is -1.20. The number of hydrogen-bond acceptors (Lipinski definition) is 4. The van der Waals surface area contributed by atoms with Gasteiger partial charge in [-0.15, -0.1) is 11.8 Å². The third-order valence-electron chi connectivity index (χ3n) is 3.77. The molecule has 1 fully saturated rings. The fourth-order valence-electron chi connectivity index (χ4n) is 2.58. The average Bonchev–Trinajstić information content (AvgIpc) is 2.81. The van der Waals surface area contributed by atoms with Crippen molar-refractivity contribution in [1.29, 1.82) is 0 Å². The van der Waals surface area contributed by atoms with E-state index in [4.69, 9.17) is 16.3 Å². The molecule has 0 spiro atoms. The van der Waals surface area contributed by atoms with Gasteiger partial charge in [-0.3, -0.25) is 9.59 Å². The van der Waals surface area contributed by atoms with E-state index in [9.17, 15) is 9.59 Å². The predicted molar refractivity (Wildman–Crippen MR) is 92.8 cm³/mol. The molecule has 1 aliphatic rings. The van der Waals surface area contributed by atoms with Gasteiger partial charge >= 0.3 is 5.97 Å². The topological polar surface area (TPSA) is 55.4 Å². The summed E-state index contributed by atoms with van der Waals surface area (Å²) in [7, 11) is 0. The van der Waals surface area contributed by atoms with Crippen LogP contribution in [0.1, 0.15) is 38.5 Å². The van der Waals surface area contributed by atoms with Gasteiger partial charge in [-0.05, 0) is 25.0 Å². The Labute approximate surface area is 146 Å². The fraction of sp³-hybridized carbons (Fsp3) is 0.529. The van der Waals surface area contributed by atoms with Gasteiger partial charge in [-0.1, -0.05) is 49.4 Å². The lowest BCUT2D eigenvalue weighted by Gasteiger charge is -2.16. The molecular weight excluding hydrogens is 334 g/mol. The van der Waals surface area contributed by atoms with Crippen molar-refractivity contribution in [3.63, 3.8) is 0 Å². The lowest BCUT2D eigenvalue weighted by Crippen LogP contribution is -2.37. The molecule has 0 heterocycles. The quantitative estimate of drug-likeness (QED) is 0.479. The van der Waals surface area contributed by atoms with Crippen molar-refractivity contribution < 1.29 is 14.3 Å². The van der Waals surface area contributed by atoms with Gasteiger partial charge in [0.2, 0.25) is 0 Å². The molecule has 1 aliphatic carbocycles. The number of benzene rings is 1. The third kappa shape index (κ3) is 6.83. The summed E-state index contributed by atoms with van der Waals surface area (Å²) >= 11 is 7.33. The number of carbonyl (C=O) groups is 2. The number of amides is 1. The first kappa shape index (κ1) is 18.1. The zero-order valence-electron chi connectivity index (χ0n) is 13.1. The zero-order valence-corrected chi connectivity index (χ0v) is 14.6. The number of halogens is 1. The molecule has 1 aromatic carbocycles. The number of carbonyl (C=O) groups excluding carboxylic acids is 2. The van der Waals surface area contributed by atoms with E-state index < -0.39 is 5.97 Å². The summed E-state index contributed by atoms with van der Waals surface area (Å²) in [6.45, 7) is -0.210. The summed E-state index contributed by atoms with van der Waals surface area (Å²) < 4.78 is 5.02. The summed E-state index contributed by atoms with van der Waals surface area (Å²) in [6.07, 6.45) is 6.81. The molecule has 0 atom stereocenters. The molecule has 1 N–H and O–H groups in total. The van der Waals surface area contributed by atoms with Crippen LogP contribution in [0.25, 0.3) is 0 Å². The number of ether oxygens (including phenoxy) is 1. The van der Waals surface area contributed by atoms with Crippen LogP contribution in [-0.2, 0) is 14.3 Å². The molecule has 0 radical (unpaired) electrons. The zero-order chi connectivity index (χ0) is 16.5. The molecule has 0 aliphatic heterocycles. The highest BCUT2D eigenvalue weighted by atomic mass is 35.5. The average molecular weight is 356 g/mol. The van der Waals surface area contributed by atoms with E-state index in [0.29, 0.717) is 5.02 Å². The van der Waals surface area contributed by atoms with Crippen LogP contribution in [0, 0.1) is 0 Å². The van der Waals surface area contributed by atoms with Gasteiger partial charge in [-0.25, -0.2) is 0 Å². The first-order valence-electron chi connectivity index (χ1n) is 7.97. The highest BCUT2D eigenvalue weighted by Crippen LogP contribution is 2.26. The Morgan fingerprint density at radius 1 is 1.17 bits per heavy atom. The van der Waals surface area contributed by atoms with Gasteiger partial charge in [0, 0.05) is 10.9 Å². The van der Waals surface area contributed by atoms with E-state index >= 15 is 0 Å². The molecule has 6 heteroatoms. The highest BCUT2D eigenvalue weighted by Gasteiger charge is 2.16. The lowest BCUT2D eigenvalue weighted by molar-refractivity contribution is -0.146. The second kappa shape index (κ2) is 9.83. The number of rotatable bonds is 6. The number of hydrogen-bond donors (Lipinski definition) is 1.